The maximum Gasteiger partial charge on any atom is 0.472 e. The van der Waals surface area contributed by atoms with Gasteiger partial charge in [-0.25, -0.2) is 29.1 Å². The molecule has 0 amide bonds. The van der Waals surface area contributed by atoms with E-state index in [0.29, 0.717) is 0 Å². The van der Waals surface area contributed by atoms with Gasteiger partial charge in [-0.15, -0.1) is 0 Å². The fraction of sp³-hybridized carbons (Fsp3) is 0.524. The Morgan fingerprint density at radius 2 is 1.72 bits per heavy atom. The lowest BCUT2D eigenvalue weighted by Crippen LogP contribution is -2.45. The normalized spacial score (nSPS) is 32.1. The number of nitrogens with zero attached hydrogens (tertiary/aromatic N) is 7. The number of hydrogen-bond donors (Lipinski definition) is 8. The topological polar surface area (TPSA) is 350 Å². The lowest BCUT2D eigenvalue weighted by atomic mass is 10.0. The molecule has 0 aliphatic carbocycles. The molecule has 1 unspecified atom stereocenters. The first-order valence-corrected chi connectivity index (χ1v) is 16.5. The molecule has 254 valence electrons. The molecule has 3 saturated heterocycles. The number of imidazole rings is 2. The number of aromatic amines is 1. The van der Waals surface area contributed by atoms with Gasteiger partial charge in [0.2, 0.25) is 5.95 Å². The molecule has 4 aromatic rings. The number of nitrogens with one attached hydrogen (secondary N) is 1. The number of nitrogens with two attached hydrogens (primary N) is 2. The molecule has 3 aliphatic rings. The molecular weight excluding hydrogens is 678 g/mol. The van der Waals surface area contributed by atoms with Crippen molar-refractivity contribution in [2.45, 2.75) is 48.6 Å². The standard InChI is InChI=1S/C21H26N10O14P2/c22-14-8-15(25-4-24-14)30(5-26-8)19-12-13(21(44-19,2-40-12)3-42-46(35,36)37)45-47(38,39)41-1-7-10(32)11(33)18(43-7)31-6-27-9-16(31)28-20(23)29-17(9)34/h4-7,10-13,18-19,32-33H,1-3H2,(H,38,39)(H2,22,24,25)(H2,35,36,37)(H3,23,28,29,34)/t7-,10-,11-,12-,13+,18-,19-,21-/m1/s1. The van der Waals surface area contributed by atoms with Crippen LogP contribution >= 0.6 is 15.6 Å². The second kappa shape index (κ2) is 11.3. The van der Waals surface area contributed by atoms with Crippen LogP contribution in [-0.4, -0.2) is 120 Å². The molecule has 0 aromatic carbocycles. The Kier molecular flexibility index (Phi) is 7.72. The molecule has 7 rings (SSSR count). The highest BCUT2D eigenvalue weighted by Crippen LogP contribution is 2.56. The van der Waals surface area contributed by atoms with Crippen molar-refractivity contribution < 1.29 is 61.8 Å². The van der Waals surface area contributed by atoms with Crippen molar-refractivity contribution >= 4 is 49.7 Å². The minimum atomic E-state index is -5.12. The average molecular weight is 704 g/mol. The first kappa shape index (κ1) is 32.1. The van der Waals surface area contributed by atoms with Crippen LogP contribution in [0.2, 0.25) is 0 Å². The minimum Gasteiger partial charge on any atom is -0.387 e. The Balaban J connectivity index is 1.10. The maximum absolute atomic E-state index is 13.3. The smallest absolute Gasteiger partial charge is 0.387 e. The Labute approximate surface area is 260 Å². The predicted octanol–water partition coefficient (Wildman–Crippen LogP) is -2.98. The monoisotopic (exact) mass is 704 g/mol. The summed E-state index contributed by atoms with van der Waals surface area (Å²) in [6.07, 6.45) is -6.35. The highest BCUT2D eigenvalue weighted by Gasteiger charge is 2.65. The number of aromatic nitrogens is 8. The summed E-state index contributed by atoms with van der Waals surface area (Å²) in [7, 11) is -10.2. The van der Waals surface area contributed by atoms with Gasteiger partial charge in [-0.05, 0) is 0 Å². The summed E-state index contributed by atoms with van der Waals surface area (Å²) in [6, 6.07) is 0. The van der Waals surface area contributed by atoms with Crippen LogP contribution in [0.4, 0.5) is 11.8 Å². The van der Waals surface area contributed by atoms with Crippen molar-refractivity contribution in [3.63, 3.8) is 0 Å². The van der Waals surface area contributed by atoms with Gasteiger partial charge >= 0.3 is 15.6 Å². The summed E-state index contributed by atoms with van der Waals surface area (Å²) in [4.78, 5) is 63.9. The van der Waals surface area contributed by atoms with E-state index in [1.165, 1.54) is 17.2 Å². The molecule has 4 aromatic heterocycles. The van der Waals surface area contributed by atoms with E-state index in [2.05, 4.69) is 34.4 Å². The maximum atomic E-state index is 13.3. The van der Waals surface area contributed by atoms with Crippen LogP contribution in [0, 0.1) is 0 Å². The lowest BCUT2D eigenvalue weighted by molar-refractivity contribution is -0.183. The number of phosphoric acid groups is 2. The number of aliphatic hydroxyl groups is 2. The number of H-pyrrole nitrogens is 1. The predicted molar refractivity (Wildman–Crippen MR) is 149 cm³/mol. The molecule has 0 radical (unpaired) electrons. The summed E-state index contributed by atoms with van der Waals surface area (Å²) in [5.41, 5.74) is 9.20. The van der Waals surface area contributed by atoms with Gasteiger partial charge < -0.3 is 50.6 Å². The third kappa shape index (κ3) is 5.61. The van der Waals surface area contributed by atoms with E-state index in [4.69, 9.17) is 34.7 Å². The van der Waals surface area contributed by atoms with Crippen molar-refractivity contribution in [1.29, 1.82) is 0 Å². The lowest BCUT2D eigenvalue weighted by Gasteiger charge is -2.31. The van der Waals surface area contributed by atoms with E-state index in [9.17, 15) is 38.8 Å². The van der Waals surface area contributed by atoms with Gasteiger partial charge in [0.25, 0.3) is 5.56 Å². The summed E-state index contributed by atoms with van der Waals surface area (Å²) in [5, 5.41) is 21.3. The summed E-state index contributed by atoms with van der Waals surface area (Å²) < 4.78 is 60.2. The molecule has 7 heterocycles. The zero-order valence-electron chi connectivity index (χ0n) is 23.5. The van der Waals surface area contributed by atoms with Gasteiger partial charge in [-0.2, -0.15) is 4.98 Å². The average Bonchev–Trinajstić information content (AvgIpc) is 3.80. The van der Waals surface area contributed by atoms with Crippen LogP contribution in [0.15, 0.2) is 23.8 Å². The van der Waals surface area contributed by atoms with Crippen LogP contribution in [-0.2, 0) is 36.9 Å². The van der Waals surface area contributed by atoms with Gasteiger partial charge in [0.15, 0.2) is 35.1 Å². The Morgan fingerprint density at radius 1 is 1.00 bits per heavy atom. The molecule has 0 saturated carbocycles. The van der Waals surface area contributed by atoms with E-state index in [1.807, 2.05) is 0 Å². The van der Waals surface area contributed by atoms with Gasteiger partial charge in [-0.1, -0.05) is 0 Å². The molecule has 3 fully saturated rings. The number of fused-ring (bicyclic) bond motifs is 4. The summed E-state index contributed by atoms with van der Waals surface area (Å²) >= 11 is 0. The van der Waals surface area contributed by atoms with Crippen molar-refractivity contribution in [3.05, 3.63) is 29.3 Å². The summed E-state index contributed by atoms with van der Waals surface area (Å²) in [6.45, 7) is -2.01. The SMILES string of the molecule is Nc1nc2c(ncn2[C@@H]2O[C@H](COP(=O)(O)O[C@H]3[C@H]4OC[C@]3(COP(=O)(O)O)O[C@H]4n3cnc4c(N)ncnc43)[C@@H](O)[C@H]2O)c(=O)[nH]1. The van der Waals surface area contributed by atoms with Crippen LogP contribution in [0.25, 0.3) is 22.3 Å². The van der Waals surface area contributed by atoms with E-state index < -0.39 is 83.0 Å². The quantitative estimate of drug-likeness (QED) is 0.0763. The first-order chi connectivity index (χ1) is 22.2. The van der Waals surface area contributed by atoms with E-state index in [1.54, 1.807) is 0 Å². The third-order valence-electron chi connectivity index (χ3n) is 7.82. The van der Waals surface area contributed by atoms with Crippen molar-refractivity contribution in [2.24, 2.45) is 0 Å². The van der Waals surface area contributed by atoms with Crippen LogP contribution < -0.4 is 17.0 Å². The Bertz CT molecular complexity index is 2000. The number of rotatable bonds is 10. The zero-order chi connectivity index (χ0) is 33.5. The number of hydrogen-bond acceptors (Lipinski definition) is 18. The van der Waals surface area contributed by atoms with Crippen LogP contribution in [0.5, 0.6) is 0 Å². The molecule has 0 spiro atoms. The van der Waals surface area contributed by atoms with E-state index in [-0.39, 0.29) is 40.7 Å². The second-order valence-corrected chi connectivity index (χ2v) is 13.5. The molecule has 2 bridgehead atoms. The fourth-order valence-corrected chi connectivity index (χ4v) is 7.07. The second-order valence-electron chi connectivity index (χ2n) is 10.8. The molecular formula is C21H26N10O14P2. The number of ether oxygens (including phenoxy) is 3. The van der Waals surface area contributed by atoms with Gasteiger partial charge in [0.05, 0.1) is 32.5 Å². The van der Waals surface area contributed by atoms with E-state index >= 15 is 0 Å². The largest absolute Gasteiger partial charge is 0.472 e. The van der Waals surface area contributed by atoms with Crippen molar-refractivity contribution in [3.8, 4) is 0 Å². The number of anilines is 2. The molecule has 24 nitrogen and oxygen atoms in total. The van der Waals surface area contributed by atoms with Crippen LogP contribution in [0.3, 0.4) is 0 Å². The highest BCUT2D eigenvalue weighted by atomic mass is 31.2. The van der Waals surface area contributed by atoms with E-state index in [0.717, 1.165) is 10.9 Å². The molecule has 9 atom stereocenters. The molecule has 26 heteroatoms. The van der Waals surface area contributed by atoms with Crippen molar-refractivity contribution in [2.75, 3.05) is 31.3 Å². The van der Waals surface area contributed by atoms with Gasteiger partial charge in [-0.3, -0.25) is 32.5 Å². The Morgan fingerprint density at radius 3 is 2.47 bits per heavy atom. The van der Waals surface area contributed by atoms with Gasteiger partial charge in [0.1, 0.15) is 48.0 Å². The number of nitrogen functional groups attached to an aromatic ring is 2. The molecule has 3 aliphatic heterocycles. The Hall–Kier alpha value is -3.48. The molecule has 10 N–H and O–H groups in total. The summed E-state index contributed by atoms with van der Waals surface area (Å²) in [5.74, 6) is -0.188. The highest BCUT2D eigenvalue weighted by molar-refractivity contribution is 7.47. The first-order valence-electron chi connectivity index (χ1n) is 13.5. The third-order valence-corrected chi connectivity index (χ3v) is 9.26. The number of phosphoric ester groups is 2. The molecule has 47 heavy (non-hydrogen) atoms. The zero-order valence-corrected chi connectivity index (χ0v) is 25.3. The number of aliphatic hydroxyl groups excluding tert-OH is 2. The van der Waals surface area contributed by atoms with Gasteiger partial charge in [0, 0.05) is 0 Å². The fourth-order valence-electron chi connectivity index (χ4n) is 5.69. The minimum absolute atomic E-state index is 0.0531. The van der Waals surface area contributed by atoms with Crippen LogP contribution in [0.1, 0.15) is 12.5 Å². The van der Waals surface area contributed by atoms with Crippen molar-refractivity contribution in [1.82, 2.24) is 39.0 Å².